The van der Waals surface area contributed by atoms with E-state index in [1.165, 1.54) is 0 Å². The summed E-state index contributed by atoms with van der Waals surface area (Å²) in [5.74, 6) is 0.556. The number of nitrogens with zero attached hydrogens (tertiary/aromatic N) is 2. The minimum Gasteiger partial charge on any atom is -0.392 e. The summed E-state index contributed by atoms with van der Waals surface area (Å²) < 4.78 is 0. The predicted octanol–water partition coefficient (Wildman–Crippen LogP) is 2.40. The number of β-amino-alcohol motifs (C(OH)–C–C–N with tert-alkyl or cyclic N) is 1. The van der Waals surface area contributed by atoms with E-state index in [2.05, 4.69) is 24.8 Å². The molecule has 1 fully saturated rings. The number of hydrogen-bond donors (Lipinski definition) is 1. The number of hydrogen-bond acceptors (Lipinski definition) is 4. The molecule has 1 aliphatic rings. The van der Waals surface area contributed by atoms with Gasteiger partial charge in [0.05, 0.1) is 11.0 Å². The number of carbonyl (C=O) groups is 1. The fourth-order valence-electron chi connectivity index (χ4n) is 2.65. The Balaban J connectivity index is 1.93. The molecule has 0 radical (unpaired) electrons. The number of aliphatic hydroxyl groups excluding tert-OH is 1. The Morgan fingerprint density at radius 1 is 1.33 bits per heavy atom. The van der Waals surface area contributed by atoms with Gasteiger partial charge in [-0.25, -0.2) is 0 Å². The van der Waals surface area contributed by atoms with Gasteiger partial charge in [0.25, 0.3) is 5.91 Å². The molecule has 1 saturated heterocycles. The second kappa shape index (κ2) is 7.38. The highest BCUT2D eigenvalue weighted by Crippen LogP contribution is 2.26. The third-order valence-corrected chi connectivity index (χ3v) is 5.03. The van der Waals surface area contributed by atoms with Crippen molar-refractivity contribution in [3.8, 4) is 0 Å². The zero-order valence-electron chi connectivity index (χ0n) is 13.2. The summed E-state index contributed by atoms with van der Waals surface area (Å²) in [7, 11) is 0. The summed E-state index contributed by atoms with van der Waals surface area (Å²) in [6.07, 6.45) is 0.531. The van der Waals surface area contributed by atoms with Gasteiger partial charge in [-0.1, -0.05) is 20.8 Å². The van der Waals surface area contributed by atoms with Crippen LogP contribution in [0.1, 0.15) is 48.3 Å². The third-order valence-electron chi connectivity index (χ3n) is 4.11. The molecular weight excluding hydrogens is 284 g/mol. The fourth-order valence-corrected chi connectivity index (χ4v) is 3.67. The van der Waals surface area contributed by atoms with Gasteiger partial charge >= 0.3 is 0 Å². The van der Waals surface area contributed by atoms with Crippen LogP contribution in [0.4, 0.5) is 0 Å². The van der Waals surface area contributed by atoms with E-state index in [-0.39, 0.29) is 12.0 Å². The van der Waals surface area contributed by atoms with Gasteiger partial charge in [-0.3, -0.25) is 9.69 Å². The van der Waals surface area contributed by atoms with Crippen LogP contribution in [0, 0.1) is 0 Å². The Kier molecular flexibility index (Phi) is 5.79. The zero-order valence-corrected chi connectivity index (χ0v) is 14.0. The van der Waals surface area contributed by atoms with Gasteiger partial charge in [-0.05, 0) is 29.3 Å². The molecule has 1 aromatic heterocycles. The molecule has 1 aromatic rings. The Morgan fingerprint density at radius 3 is 2.57 bits per heavy atom. The number of amides is 1. The van der Waals surface area contributed by atoms with E-state index in [0.29, 0.717) is 5.92 Å². The van der Waals surface area contributed by atoms with Crippen molar-refractivity contribution in [1.29, 1.82) is 0 Å². The van der Waals surface area contributed by atoms with Crippen molar-refractivity contribution in [1.82, 2.24) is 9.80 Å². The maximum Gasteiger partial charge on any atom is 0.264 e. The predicted molar refractivity (Wildman–Crippen MR) is 87.0 cm³/mol. The van der Waals surface area contributed by atoms with Gasteiger partial charge in [0.2, 0.25) is 0 Å². The normalized spacial score (nSPS) is 18.2. The summed E-state index contributed by atoms with van der Waals surface area (Å²) in [6, 6.07) is 2.07. The van der Waals surface area contributed by atoms with Crippen LogP contribution in [0.2, 0.25) is 0 Å². The lowest BCUT2D eigenvalue weighted by Gasteiger charge is -2.35. The van der Waals surface area contributed by atoms with E-state index in [9.17, 15) is 9.90 Å². The standard InChI is InChI=1S/C16H26N2O2S/c1-4-13(19)11-17-6-8-18(9-7-17)16(20)15-14(12(2)3)5-10-21-15/h5,10,12-13,19H,4,6-9,11H2,1-3H3. The number of rotatable bonds is 5. The summed E-state index contributed by atoms with van der Waals surface area (Å²) in [5.41, 5.74) is 1.16. The Morgan fingerprint density at radius 2 is 2.00 bits per heavy atom. The Hall–Kier alpha value is -0.910. The minimum absolute atomic E-state index is 0.171. The van der Waals surface area contributed by atoms with Crippen molar-refractivity contribution in [3.05, 3.63) is 21.9 Å². The summed E-state index contributed by atoms with van der Waals surface area (Å²) in [5, 5.41) is 11.7. The van der Waals surface area contributed by atoms with E-state index >= 15 is 0 Å². The molecule has 0 spiro atoms. The average molecular weight is 310 g/mol. The molecule has 1 amide bonds. The average Bonchev–Trinajstić information content (AvgIpc) is 2.96. The van der Waals surface area contributed by atoms with Crippen molar-refractivity contribution in [2.24, 2.45) is 0 Å². The van der Waals surface area contributed by atoms with E-state index in [4.69, 9.17) is 0 Å². The first-order valence-corrected chi connectivity index (χ1v) is 8.68. The van der Waals surface area contributed by atoms with E-state index < -0.39 is 0 Å². The maximum absolute atomic E-state index is 12.6. The number of thiophene rings is 1. The Labute approximate surface area is 131 Å². The molecule has 21 heavy (non-hydrogen) atoms. The van der Waals surface area contributed by atoms with Crippen molar-refractivity contribution in [2.75, 3.05) is 32.7 Å². The second-order valence-corrected chi connectivity index (χ2v) is 6.93. The van der Waals surface area contributed by atoms with E-state index in [0.717, 1.165) is 49.6 Å². The quantitative estimate of drug-likeness (QED) is 0.908. The highest BCUT2D eigenvalue weighted by Gasteiger charge is 2.25. The topological polar surface area (TPSA) is 43.8 Å². The molecule has 1 aliphatic heterocycles. The van der Waals surface area contributed by atoms with Gasteiger partial charge in [-0.2, -0.15) is 0 Å². The molecule has 1 N–H and O–H groups in total. The highest BCUT2D eigenvalue weighted by molar-refractivity contribution is 7.12. The first-order chi connectivity index (χ1) is 10.0. The van der Waals surface area contributed by atoms with E-state index in [1.54, 1.807) is 11.3 Å². The molecule has 5 heteroatoms. The minimum atomic E-state index is -0.253. The molecule has 2 rings (SSSR count). The van der Waals surface area contributed by atoms with Crippen molar-refractivity contribution in [2.45, 2.75) is 39.2 Å². The van der Waals surface area contributed by atoms with Crippen LogP contribution < -0.4 is 0 Å². The molecule has 1 atom stereocenters. The first kappa shape index (κ1) is 16.5. The van der Waals surface area contributed by atoms with Gasteiger partial charge < -0.3 is 10.0 Å². The van der Waals surface area contributed by atoms with Crippen LogP contribution >= 0.6 is 11.3 Å². The largest absolute Gasteiger partial charge is 0.392 e. The zero-order chi connectivity index (χ0) is 15.4. The second-order valence-electron chi connectivity index (χ2n) is 6.01. The smallest absolute Gasteiger partial charge is 0.264 e. The molecule has 118 valence electrons. The SMILES string of the molecule is CCC(O)CN1CCN(C(=O)c2sccc2C(C)C)CC1. The summed E-state index contributed by atoms with van der Waals surface area (Å²) >= 11 is 1.55. The fraction of sp³-hybridized carbons (Fsp3) is 0.688. The first-order valence-electron chi connectivity index (χ1n) is 7.80. The van der Waals surface area contributed by atoms with Crippen LogP contribution in [-0.2, 0) is 0 Å². The van der Waals surface area contributed by atoms with Crippen LogP contribution in [0.25, 0.3) is 0 Å². The van der Waals surface area contributed by atoms with Gasteiger partial charge in [0.1, 0.15) is 0 Å². The van der Waals surface area contributed by atoms with Crippen LogP contribution in [0.3, 0.4) is 0 Å². The van der Waals surface area contributed by atoms with Crippen molar-refractivity contribution >= 4 is 17.2 Å². The van der Waals surface area contributed by atoms with Crippen molar-refractivity contribution < 1.29 is 9.90 Å². The number of piperazine rings is 1. The molecule has 4 nitrogen and oxygen atoms in total. The van der Waals surface area contributed by atoms with Crippen molar-refractivity contribution in [3.63, 3.8) is 0 Å². The molecule has 1 unspecified atom stereocenters. The highest BCUT2D eigenvalue weighted by atomic mass is 32.1. The van der Waals surface area contributed by atoms with E-state index in [1.807, 2.05) is 17.2 Å². The number of aliphatic hydroxyl groups is 1. The maximum atomic E-state index is 12.6. The molecule has 0 saturated carbocycles. The lowest BCUT2D eigenvalue weighted by atomic mass is 10.0. The summed E-state index contributed by atoms with van der Waals surface area (Å²) in [6.45, 7) is 10.2. The van der Waals surface area contributed by atoms with Crippen LogP contribution in [0.15, 0.2) is 11.4 Å². The van der Waals surface area contributed by atoms with Crippen LogP contribution in [-0.4, -0.2) is 59.6 Å². The van der Waals surface area contributed by atoms with Gasteiger partial charge in [0, 0.05) is 32.7 Å². The molecule has 0 aliphatic carbocycles. The molecule has 0 aromatic carbocycles. The van der Waals surface area contributed by atoms with Crippen LogP contribution in [0.5, 0.6) is 0 Å². The monoisotopic (exact) mass is 310 g/mol. The van der Waals surface area contributed by atoms with Gasteiger partial charge in [0.15, 0.2) is 0 Å². The molecule has 0 bridgehead atoms. The lowest BCUT2D eigenvalue weighted by molar-refractivity contribution is 0.0526. The molecule has 2 heterocycles. The lowest BCUT2D eigenvalue weighted by Crippen LogP contribution is -2.50. The Bertz CT molecular complexity index is 465. The summed E-state index contributed by atoms with van der Waals surface area (Å²) in [4.78, 5) is 17.7. The van der Waals surface area contributed by atoms with Gasteiger partial charge in [-0.15, -0.1) is 11.3 Å². The molecular formula is C16H26N2O2S. The number of carbonyl (C=O) groups excluding carboxylic acids is 1. The third kappa shape index (κ3) is 4.05.